The SMILES string of the molecule is C[C@H](CO)N1C[C@H](C)[C@@H](CN(C)Cc2ccc(Oc3ccccc3)cc2)Oc2ccc(NS(=O)(=O)c3ccccc3)cc2C1=O. The molecule has 0 unspecified atom stereocenters. The van der Waals surface area contributed by atoms with Gasteiger partial charge < -0.3 is 19.5 Å². The summed E-state index contributed by atoms with van der Waals surface area (Å²) in [6, 6.07) is 29.9. The van der Waals surface area contributed by atoms with E-state index in [2.05, 4.69) is 9.62 Å². The Balaban J connectivity index is 1.33. The Hall–Kier alpha value is -4.38. The largest absolute Gasteiger partial charge is 0.488 e. The molecule has 0 bridgehead atoms. The first-order valence-corrected chi connectivity index (χ1v) is 16.4. The Morgan fingerprint density at radius 1 is 0.978 bits per heavy atom. The number of aliphatic hydroxyl groups is 1. The number of aliphatic hydroxyl groups excluding tert-OH is 1. The fraction of sp³-hybridized carbons (Fsp3) is 0.286. The van der Waals surface area contributed by atoms with Gasteiger partial charge in [0, 0.05) is 31.2 Å². The van der Waals surface area contributed by atoms with Gasteiger partial charge in [0.2, 0.25) is 0 Å². The standard InChI is InChI=1S/C35H39N3O6S/c1-25-21-38(26(2)24-39)35(40)32-20-28(36-45(41,42)31-12-8-5-9-13-31)16-19-33(32)44-34(25)23-37(3)22-27-14-17-30(18-15-27)43-29-10-6-4-7-11-29/h4-20,25-26,34,36,39H,21-24H2,1-3H3/t25-,26+,34+/m0/s1. The van der Waals surface area contributed by atoms with Crippen molar-refractivity contribution in [3.05, 3.63) is 114 Å². The highest BCUT2D eigenvalue weighted by Crippen LogP contribution is 2.32. The molecule has 0 saturated carbocycles. The van der Waals surface area contributed by atoms with Crippen molar-refractivity contribution in [2.75, 3.05) is 31.5 Å². The lowest BCUT2D eigenvalue weighted by atomic mass is 9.99. The average molecular weight is 630 g/mol. The fourth-order valence-corrected chi connectivity index (χ4v) is 6.36. The number of sulfonamides is 1. The number of carbonyl (C=O) groups excluding carboxylic acids is 1. The molecule has 45 heavy (non-hydrogen) atoms. The molecule has 0 aliphatic carbocycles. The Kier molecular flexibility index (Phi) is 10.1. The Bertz CT molecular complexity index is 1680. The van der Waals surface area contributed by atoms with Gasteiger partial charge in [0.05, 0.1) is 23.1 Å². The van der Waals surface area contributed by atoms with Crippen molar-refractivity contribution < 1.29 is 27.8 Å². The number of hydrogen-bond acceptors (Lipinski definition) is 7. The van der Waals surface area contributed by atoms with Gasteiger partial charge in [0.15, 0.2) is 0 Å². The van der Waals surface area contributed by atoms with Crippen molar-refractivity contribution in [2.24, 2.45) is 5.92 Å². The second-order valence-electron chi connectivity index (χ2n) is 11.5. The number of carbonyl (C=O) groups is 1. The molecule has 0 saturated heterocycles. The molecule has 1 amide bonds. The van der Waals surface area contributed by atoms with Crippen LogP contribution in [0.3, 0.4) is 0 Å². The van der Waals surface area contributed by atoms with Gasteiger partial charge in [0.25, 0.3) is 15.9 Å². The number of nitrogens with zero attached hydrogens (tertiary/aromatic N) is 2. The minimum absolute atomic E-state index is 0.0588. The minimum Gasteiger partial charge on any atom is -0.488 e. The molecule has 0 spiro atoms. The van der Waals surface area contributed by atoms with Gasteiger partial charge in [-0.05, 0) is 74.1 Å². The Morgan fingerprint density at radius 3 is 2.29 bits per heavy atom. The van der Waals surface area contributed by atoms with Gasteiger partial charge in [-0.3, -0.25) is 14.4 Å². The number of ether oxygens (including phenoxy) is 2. The zero-order valence-electron chi connectivity index (χ0n) is 25.7. The van der Waals surface area contributed by atoms with E-state index < -0.39 is 16.1 Å². The number of anilines is 1. The van der Waals surface area contributed by atoms with Crippen LogP contribution in [0, 0.1) is 5.92 Å². The summed E-state index contributed by atoms with van der Waals surface area (Å²) < 4.78 is 40.9. The zero-order chi connectivity index (χ0) is 32.0. The van der Waals surface area contributed by atoms with E-state index in [0.717, 1.165) is 17.1 Å². The lowest BCUT2D eigenvalue weighted by Crippen LogP contribution is -2.49. The third-order valence-electron chi connectivity index (χ3n) is 7.82. The highest BCUT2D eigenvalue weighted by atomic mass is 32.2. The molecule has 1 aliphatic rings. The van der Waals surface area contributed by atoms with Crippen molar-refractivity contribution in [3.63, 3.8) is 0 Å². The molecule has 1 heterocycles. The van der Waals surface area contributed by atoms with E-state index in [0.29, 0.717) is 25.4 Å². The fourth-order valence-electron chi connectivity index (χ4n) is 5.29. The summed E-state index contributed by atoms with van der Waals surface area (Å²) in [6.45, 7) is 5.22. The monoisotopic (exact) mass is 629 g/mol. The molecule has 2 N–H and O–H groups in total. The first kappa shape index (κ1) is 32.0. The van der Waals surface area contributed by atoms with Crippen LogP contribution in [0.15, 0.2) is 108 Å². The van der Waals surface area contributed by atoms with Crippen LogP contribution in [0.25, 0.3) is 0 Å². The molecule has 4 aromatic rings. The summed E-state index contributed by atoms with van der Waals surface area (Å²) in [4.78, 5) is 17.7. The maximum Gasteiger partial charge on any atom is 0.261 e. The second kappa shape index (κ2) is 14.2. The summed E-state index contributed by atoms with van der Waals surface area (Å²) in [5, 5.41) is 9.98. The van der Waals surface area contributed by atoms with Crippen LogP contribution in [-0.2, 0) is 16.6 Å². The maximum atomic E-state index is 13.8. The molecule has 3 atom stereocenters. The number of amides is 1. The van der Waals surface area contributed by atoms with Crippen LogP contribution < -0.4 is 14.2 Å². The van der Waals surface area contributed by atoms with Gasteiger partial charge in [-0.1, -0.05) is 55.5 Å². The van der Waals surface area contributed by atoms with Crippen LogP contribution in [0.5, 0.6) is 17.2 Å². The van der Waals surface area contributed by atoms with Crippen LogP contribution >= 0.6 is 0 Å². The summed E-state index contributed by atoms with van der Waals surface area (Å²) in [5.74, 6) is 1.52. The molecule has 1 aliphatic heterocycles. The Morgan fingerprint density at radius 2 is 1.62 bits per heavy atom. The van der Waals surface area contributed by atoms with Crippen molar-refractivity contribution in [1.29, 1.82) is 0 Å². The Labute approximate surface area is 265 Å². The highest BCUT2D eigenvalue weighted by Gasteiger charge is 2.33. The third-order valence-corrected chi connectivity index (χ3v) is 9.21. The molecule has 9 nitrogen and oxygen atoms in total. The quantitative estimate of drug-likeness (QED) is 0.221. The summed E-state index contributed by atoms with van der Waals surface area (Å²) in [6.07, 6.45) is -0.289. The topological polar surface area (TPSA) is 108 Å². The number of para-hydroxylation sites is 1. The lowest BCUT2D eigenvalue weighted by molar-refractivity contribution is 0.0341. The predicted octanol–water partition coefficient (Wildman–Crippen LogP) is 5.63. The van der Waals surface area contributed by atoms with Crippen molar-refractivity contribution in [1.82, 2.24) is 9.80 Å². The molecule has 0 aromatic heterocycles. The van der Waals surface area contributed by atoms with Gasteiger partial charge >= 0.3 is 0 Å². The zero-order valence-corrected chi connectivity index (χ0v) is 26.5. The number of rotatable bonds is 11. The van der Waals surface area contributed by atoms with E-state index in [1.54, 1.807) is 42.2 Å². The van der Waals surface area contributed by atoms with Crippen LogP contribution in [0.1, 0.15) is 29.8 Å². The first-order chi connectivity index (χ1) is 21.6. The molecule has 5 rings (SSSR count). The van der Waals surface area contributed by atoms with E-state index in [-0.39, 0.29) is 40.7 Å². The molecule has 10 heteroatoms. The summed E-state index contributed by atoms with van der Waals surface area (Å²) >= 11 is 0. The molecule has 236 valence electrons. The highest BCUT2D eigenvalue weighted by molar-refractivity contribution is 7.92. The van der Waals surface area contributed by atoms with E-state index in [4.69, 9.17) is 9.47 Å². The number of hydrogen-bond donors (Lipinski definition) is 2. The molecular weight excluding hydrogens is 590 g/mol. The van der Waals surface area contributed by atoms with E-state index in [9.17, 15) is 18.3 Å². The van der Waals surface area contributed by atoms with Crippen LogP contribution in [0.4, 0.5) is 5.69 Å². The molecule has 4 aromatic carbocycles. The van der Waals surface area contributed by atoms with Gasteiger partial charge in [-0.25, -0.2) is 8.42 Å². The maximum absolute atomic E-state index is 13.8. The average Bonchev–Trinajstić information content (AvgIpc) is 3.04. The van der Waals surface area contributed by atoms with Crippen molar-refractivity contribution >= 4 is 21.6 Å². The number of likely N-dealkylation sites (N-methyl/N-ethyl adjacent to an activating group) is 1. The van der Waals surface area contributed by atoms with Gasteiger partial charge in [-0.2, -0.15) is 0 Å². The second-order valence-corrected chi connectivity index (χ2v) is 13.2. The molecule has 0 fully saturated rings. The van der Waals surface area contributed by atoms with Crippen molar-refractivity contribution in [3.8, 4) is 17.2 Å². The van der Waals surface area contributed by atoms with E-state index in [1.165, 1.54) is 18.2 Å². The lowest BCUT2D eigenvalue weighted by Gasteiger charge is -2.38. The molecular formula is C35H39N3O6S. The first-order valence-electron chi connectivity index (χ1n) is 14.9. The number of benzene rings is 4. The third kappa shape index (κ3) is 8.02. The van der Waals surface area contributed by atoms with E-state index in [1.807, 2.05) is 68.6 Å². The summed E-state index contributed by atoms with van der Waals surface area (Å²) in [7, 11) is -1.84. The number of fused-ring (bicyclic) bond motifs is 1. The van der Waals surface area contributed by atoms with Crippen molar-refractivity contribution in [2.45, 2.75) is 37.4 Å². The van der Waals surface area contributed by atoms with Crippen LogP contribution in [0.2, 0.25) is 0 Å². The minimum atomic E-state index is -3.86. The summed E-state index contributed by atoms with van der Waals surface area (Å²) in [5.41, 5.74) is 1.59. The van der Waals surface area contributed by atoms with E-state index >= 15 is 0 Å². The number of nitrogens with one attached hydrogen (secondary N) is 1. The predicted molar refractivity (Wildman–Crippen MR) is 174 cm³/mol. The van der Waals surface area contributed by atoms with Gasteiger partial charge in [-0.15, -0.1) is 0 Å². The van der Waals surface area contributed by atoms with Gasteiger partial charge in [0.1, 0.15) is 23.4 Å². The normalized spacial score (nSPS) is 17.5. The smallest absolute Gasteiger partial charge is 0.261 e. The molecule has 0 radical (unpaired) electrons. The van der Waals surface area contributed by atoms with Crippen LogP contribution in [-0.4, -0.2) is 68.1 Å².